The maximum Gasteiger partial charge on any atom is 0.0625 e. The fourth-order valence-corrected chi connectivity index (χ4v) is 0.394. The number of benzene rings is 1. The Kier molecular flexibility index (Phi) is 0.508. The predicted molar refractivity (Wildman–Crippen MR) is 31.2 cm³/mol. The van der Waals surface area contributed by atoms with Gasteiger partial charge in [-0.05, 0) is 6.92 Å². The highest BCUT2D eigenvalue weighted by molar-refractivity contribution is 5.11. The maximum absolute atomic E-state index is 7.27. The molecule has 0 radical (unpaired) electrons. The standard InChI is InChI=1S/C7H8/c1-7-5-3-2-4-6-7/h2-6H,1H3/i3D,4D,5D. The third kappa shape index (κ3) is 1.04. The summed E-state index contributed by atoms with van der Waals surface area (Å²) in [4.78, 5) is 0. The summed E-state index contributed by atoms with van der Waals surface area (Å²) in [5.74, 6) is 0. The smallest absolute Gasteiger partial charge is 0.0622 e. The first-order chi connectivity index (χ1) is 4.61. The van der Waals surface area contributed by atoms with Gasteiger partial charge in [-0.2, -0.15) is 0 Å². The quantitative estimate of drug-likeness (QED) is 0.462. The highest BCUT2D eigenvalue weighted by Gasteiger charge is 1.72. The zero-order valence-corrected chi connectivity index (χ0v) is 4.15. The van der Waals surface area contributed by atoms with Crippen LogP contribution >= 0.6 is 0 Å². The summed E-state index contributed by atoms with van der Waals surface area (Å²) in [6, 6.07) is 3.61. The highest BCUT2D eigenvalue weighted by atomic mass is 13.8. The van der Waals surface area contributed by atoms with Crippen LogP contribution in [0.5, 0.6) is 0 Å². The van der Waals surface area contributed by atoms with E-state index in [1.807, 2.05) is 0 Å². The topological polar surface area (TPSA) is 0 Å². The van der Waals surface area contributed by atoms with Gasteiger partial charge in [-0.1, -0.05) is 35.8 Å². The molecule has 0 amide bonds. The fraction of sp³-hybridized carbons (Fsp3) is 0.143. The van der Waals surface area contributed by atoms with Crippen LogP contribution in [-0.2, 0) is 0 Å². The molecule has 0 aliphatic rings. The normalized spacial score (nSPS) is 14.7. The molecule has 0 unspecified atom stereocenters. The lowest BCUT2D eigenvalue weighted by Crippen LogP contribution is -1.62. The molecule has 0 aliphatic carbocycles. The van der Waals surface area contributed by atoms with Gasteiger partial charge in [0.25, 0.3) is 0 Å². The van der Waals surface area contributed by atoms with Crippen molar-refractivity contribution in [2.24, 2.45) is 0 Å². The lowest BCUT2D eigenvalue weighted by Gasteiger charge is -1.82. The Morgan fingerprint density at radius 3 is 3.14 bits per heavy atom. The van der Waals surface area contributed by atoms with Crippen LogP contribution in [-0.4, -0.2) is 0 Å². The van der Waals surface area contributed by atoms with Crippen molar-refractivity contribution in [1.82, 2.24) is 0 Å². The molecule has 36 valence electrons. The molecule has 0 atom stereocenters. The number of rotatable bonds is 0. The lowest BCUT2D eigenvalue weighted by molar-refractivity contribution is 1.48. The Morgan fingerprint density at radius 2 is 2.43 bits per heavy atom. The molecule has 0 heterocycles. The first-order valence-corrected chi connectivity index (χ1v) is 2.15. The van der Waals surface area contributed by atoms with E-state index in [0.29, 0.717) is 11.6 Å². The van der Waals surface area contributed by atoms with Gasteiger partial charge in [-0.3, -0.25) is 0 Å². The van der Waals surface area contributed by atoms with E-state index >= 15 is 0 Å². The summed E-state index contributed by atoms with van der Waals surface area (Å²) in [6.07, 6.45) is 0. The molecule has 0 heteroatoms. The van der Waals surface area contributed by atoms with Crippen molar-refractivity contribution in [1.29, 1.82) is 0 Å². The molecule has 1 aromatic rings. The van der Waals surface area contributed by atoms with Crippen molar-refractivity contribution < 1.29 is 4.11 Å². The van der Waals surface area contributed by atoms with E-state index in [2.05, 4.69) is 0 Å². The largest absolute Gasteiger partial charge is 0.0625 e. The second kappa shape index (κ2) is 1.78. The summed E-state index contributed by atoms with van der Waals surface area (Å²) in [5, 5.41) is 0. The molecule has 0 saturated carbocycles. The zero-order valence-electron chi connectivity index (χ0n) is 7.15. The van der Waals surface area contributed by atoms with E-state index < -0.39 is 0 Å². The van der Waals surface area contributed by atoms with Crippen LogP contribution in [0.4, 0.5) is 0 Å². The summed E-state index contributed by atoms with van der Waals surface area (Å²) < 4.78 is 21.6. The Labute approximate surface area is 48.0 Å². The number of aryl methyl sites for hydroxylation is 1. The van der Waals surface area contributed by atoms with E-state index in [-0.39, 0.29) is 12.1 Å². The van der Waals surface area contributed by atoms with Crippen molar-refractivity contribution >= 4 is 0 Å². The SMILES string of the molecule is [2H]c1cc([2H])c([2H])c(C)c1. The maximum atomic E-state index is 7.27. The number of hydrogen-bond donors (Lipinski definition) is 0. The molecular weight excluding hydrogens is 84.1 g/mol. The molecule has 0 N–H and O–H groups in total. The van der Waals surface area contributed by atoms with Crippen LogP contribution in [0.3, 0.4) is 0 Å². The van der Waals surface area contributed by atoms with Gasteiger partial charge in [-0.25, -0.2) is 0 Å². The molecule has 0 saturated heterocycles. The second-order valence-electron chi connectivity index (χ2n) is 1.41. The Balaban J connectivity index is 3.31. The summed E-state index contributed by atoms with van der Waals surface area (Å²) in [7, 11) is 0. The van der Waals surface area contributed by atoms with E-state index in [4.69, 9.17) is 4.11 Å². The van der Waals surface area contributed by atoms with Gasteiger partial charge in [0, 0.05) is 0 Å². The molecule has 0 spiro atoms. The van der Waals surface area contributed by atoms with Gasteiger partial charge in [-0.15, -0.1) is 0 Å². The molecule has 0 fully saturated rings. The fourth-order valence-electron chi connectivity index (χ4n) is 0.394. The molecular formula is C7H8. The van der Waals surface area contributed by atoms with Crippen LogP contribution in [0.1, 0.15) is 9.68 Å². The second-order valence-corrected chi connectivity index (χ2v) is 1.41. The minimum Gasteiger partial charge on any atom is -0.0622 e. The third-order valence-corrected chi connectivity index (χ3v) is 0.725. The Hall–Kier alpha value is -0.780. The van der Waals surface area contributed by atoms with E-state index in [9.17, 15) is 0 Å². The average molecular weight is 95.2 g/mol. The molecule has 0 nitrogen and oxygen atoms in total. The van der Waals surface area contributed by atoms with Crippen LogP contribution in [0, 0.1) is 6.92 Å². The van der Waals surface area contributed by atoms with Crippen molar-refractivity contribution in [2.75, 3.05) is 0 Å². The van der Waals surface area contributed by atoms with Crippen LogP contribution in [0.15, 0.2) is 30.3 Å². The monoisotopic (exact) mass is 95.1 g/mol. The van der Waals surface area contributed by atoms with Crippen LogP contribution in [0.2, 0.25) is 0 Å². The van der Waals surface area contributed by atoms with Gasteiger partial charge < -0.3 is 0 Å². The van der Waals surface area contributed by atoms with Gasteiger partial charge in [0.2, 0.25) is 0 Å². The van der Waals surface area contributed by atoms with Gasteiger partial charge in [0.15, 0.2) is 0 Å². The predicted octanol–water partition coefficient (Wildman–Crippen LogP) is 2.00. The molecule has 7 heavy (non-hydrogen) atoms. The van der Waals surface area contributed by atoms with Crippen molar-refractivity contribution in [3.05, 3.63) is 35.8 Å². The van der Waals surface area contributed by atoms with Gasteiger partial charge in [0.05, 0.1) is 4.11 Å². The summed E-state index contributed by atoms with van der Waals surface area (Å²) >= 11 is 0. The Bertz CT molecular complexity index is 232. The first-order valence-electron chi connectivity index (χ1n) is 3.65. The Morgan fingerprint density at radius 1 is 1.57 bits per heavy atom. The van der Waals surface area contributed by atoms with Gasteiger partial charge >= 0.3 is 0 Å². The average Bonchev–Trinajstić information content (AvgIpc) is 1.82. The van der Waals surface area contributed by atoms with E-state index in [0.717, 1.165) is 0 Å². The molecule has 0 aliphatic heterocycles. The summed E-state index contributed by atoms with van der Waals surface area (Å²) in [5.41, 5.74) is 0.692. The van der Waals surface area contributed by atoms with Crippen molar-refractivity contribution in [3.63, 3.8) is 0 Å². The van der Waals surface area contributed by atoms with Crippen molar-refractivity contribution in [3.8, 4) is 0 Å². The lowest BCUT2D eigenvalue weighted by atomic mass is 10.2. The van der Waals surface area contributed by atoms with Gasteiger partial charge in [0.1, 0.15) is 0 Å². The van der Waals surface area contributed by atoms with E-state index in [1.54, 1.807) is 13.0 Å². The molecule has 0 aromatic heterocycles. The minimum absolute atomic E-state index is 0.130. The van der Waals surface area contributed by atoms with E-state index in [1.165, 1.54) is 6.07 Å². The van der Waals surface area contributed by atoms with Crippen LogP contribution < -0.4 is 0 Å². The number of hydrogen-bond acceptors (Lipinski definition) is 0. The highest BCUT2D eigenvalue weighted by Crippen LogP contribution is 1.92. The van der Waals surface area contributed by atoms with Crippen molar-refractivity contribution in [2.45, 2.75) is 6.92 Å². The zero-order chi connectivity index (χ0) is 7.72. The third-order valence-electron chi connectivity index (χ3n) is 0.725. The molecule has 1 aromatic carbocycles. The first kappa shape index (κ1) is 1.99. The van der Waals surface area contributed by atoms with Crippen LogP contribution in [0.25, 0.3) is 0 Å². The molecule has 1 rings (SSSR count). The minimum atomic E-state index is 0.130. The summed E-state index contributed by atoms with van der Waals surface area (Å²) in [6.45, 7) is 1.73. The molecule has 0 bridgehead atoms.